The van der Waals surface area contributed by atoms with Gasteiger partial charge >= 0.3 is 0 Å². The van der Waals surface area contributed by atoms with Gasteiger partial charge in [-0.2, -0.15) is 20.1 Å². The van der Waals surface area contributed by atoms with Crippen molar-refractivity contribution in [3.63, 3.8) is 0 Å². The Balaban J connectivity index is 0.000000154. The van der Waals surface area contributed by atoms with Crippen molar-refractivity contribution in [2.24, 2.45) is 0 Å². The van der Waals surface area contributed by atoms with Crippen molar-refractivity contribution < 1.29 is 27.9 Å². The minimum absolute atomic E-state index is 0.343. The first-order valence-corrected chi connectivity index (χ1v) is 49.9. The molecular weight excluding hydrogens is 1630 g/mol. The van der Waals surface area contributed by atoms with Crippen molar-refractivity contribution in [1.29, 1.82) is 0 Å². The molecule has 0 atom stereocenters. The highest BCUT2D eigenvalue weighted by Crippen LogP contribution is 2.45. The molecular formula is C84H109Cl3N21O6P3S. The molecule has 10 heterocycles. The van der Waals surface area contributed by atoms with Gasteiger partial charge in [-0.3, -0.25) is 14.5 Å². The maximum atomic E-state index is 12.8. The number of methoxy groups -OCH3 is 2. The average molecular weight is 1740 g/mol. The van der Waals surface area contributed by atoms with Gasteiger partial charge in [0.15, 0.2) is 17.5 Å². The van der Waals surface area contributed by atoms with Gasteiger partial charge in [-0.25, -0.2) is 15.0 Å². The Bertz CT molecular complexity index is 5210. The third-order valence-electron chi connectivity index (χ3n) is 21.9. The summed E-state index contributed by atoms with van der Waals surface area (Å²) in [4.78, 5) is 41.9. The number of benzene rings is 5. The molecule has 0 bridgehead atoms. The van der Waals surface area contributed by atoms with Crippen LogP contribution in [0.15, 0.2) is 146 Å². The number of ether oxygens (including phenoxy) is 3. The fraction of sp³-hybridized carbons (Fsp3) is 0.417. The SMILES string of the molecule is CCOc1cc(N2CCC(N3CCN(C)CC3)CC2)ccc1Nc1ncc(Cl)c(Nc2ccccc2P(C)(C)=O)n1.COc1cc(-c2cnn(C3CCNCC3)c2)ccc1Nc1ncc(Cl)c(Nc2ccccc2P(C)(C)=O)n1.COc1cc(N2CCC(N3CCN(C)CC3)CC2)ccc1Nc1ncc(Cl)c(Nc2ccsc2P(C)(C)=O)n1. The van der Waals surface area contributed by atoms with E-state index in [0.29, 0.717) is 97.9 Å². The van der Waals surface area contributed by atoms with Crippen LogP contribution in [-0.2, 0) is 13.7 Å². The van der Waals surface area contributed by atoms with Crippen LogP contribution in [0, 0.1) is 0 Å². The van der Waals surface area contributed by atoms with E-state index < -0.39 is 21.4 Å². The average Bonchev–Trinajstić information content (AvgIpc) is 1.57. The predicted octanol–water partition coefficient (Wildman–Crippen LogP) is 16.3. The molecule has 5 aromatic carbocycles. The van der Waals surface area contributed by atoms with Gasteiger partial charge in [0.05, 0.1) is 90.4 Å². The summed E-state index contributed by atoms with van der Waals surface area (Å²) in [6.07, 6.45) is 15.5. The van der Waals surface area contributed by atoms with Gasteiger partial charge in [0.2, 0.25) is 17.8 Å². The van der Waals surface area contributed by atoms with Gasteiger partial charge in [-0.1, -0.05) is 65.1 Å². The predicted molar refractivity (Wildman–Crippen MR) is 490 cm³/mol. The molecule has 0 unspecified atom stereocenters. The molecule has 0 radical (unpaired) electrons. The Morgan fingerprint density at radius 3 is 1.32 bits per heavy atom. The van der Waals surface area contributed by atoms with E-state index in [9.17, 15) is 13.7 Å². The molecule has 15 rings (SSSR count). The molecule has 5 aromatic heterocycles. The van der Waals surface area contributed by atoms with Crippen molar-refractivity contribution in [2.45, 2.75) is 63.6 Å². The van der Waals surface area contributed by atoms with E-state index >= 15 is 0 Å². The molecule has 0 saturated carbocycles. The van der Waals surface area contributed by atoms with Gasteiger partial charge in [-0.15, -0.1) is 11.3 Å². The van der Waals surface area contributed by atoms with Crippen LogP contribution in [0.25, 0.3) is 11.1 Å². The van der Waals surface area contributed by atoms with E-state index in [1.54, 1.807) is 66.6 Å². The standard InChI is InChI=1S/C30H41ClN7O2P.C27H37ClN7O2PS.C27H31ClN7O2P/c1-5-40-27-20-23(37-14-12-22(13-15-37)38-18-16-36(2)17-19-38)10-11-25(27)34-30-32-21-24(31)29(35-30)33-26-8-6-7-9-28(26)41(3,4)39;1-33-12-14-35(15-13-33)19-7-10-34(11-8-19)20-5-6-22(24(17-20)37-2)31-27-29-18-21(28)25(32-27)30-23-9-16-39-26(23)38(3,4)36;1-37-24-14-18(19-15-31-35(17-19)20-10-12-29-13-11-20)8-9-22(24)33-27-30-16-21(28)26(34-27)32-23-6-4-5-7-25(23)38(2,3)36/h6-11,20-22H,5,12-19H2,1-4H3,(H2,32,33,34,35);5-6,9,16-19H,7-8,10-15H2,1-4H3,(H2,29,30,31,32);4-9,14-17,20,29H,10-13H2,1-3H3,(H2,30,32,33,34). The molecule has 34 heteroatoms. The van der Waals surface area contributed by atoms with Crippen molar-refractivity contribution in [3.8, 4) is 28.4 Å². The van der Waals surface area contributed by atoms with E-state index in [2.05, 4.69) is 151 Å². The number of para-hydroxylation sites is 2. The number of rotatable bonds is 25. The van der Waals surface area contributed by atoms with Gasteiger partial charge in [-0.05, 0) is 190 Å². The van der Waals surface area contributed by atoms with Crippen LogP contribution in [-0.4, -0.2) is 238 Å². The topological polar surface area (TPSA) is 278 Å². The first kappa shape index (κ1) is 87.2. The third kappa shape index (κ3) is 22.7. The Kier molecular flexibility index (Phi) is 29.4. The second-order valence-electron chi connectivity index (χ2n) is 31.4. The molecule has 7 N–H and O–H groups in total. The molecule has 5 saturated heterocycles. The molecule has 5 aliphatic heterocycles. The molecule has 628 valence electrons. The second kappa shape index (κ2) is 39.7. The van der Waals surface area contributed by atoms with Crippen LogP contribution < -0.4 is 76.5 Å². The molecule has 27 nitrogen and oxygen atoms in total. The zero-order valence-corrected chi connectivity index (χ0v) is 74.8. The number of likely N-dealkylation sites (N-methyl/N-ethyl adjacent to an activating group) is 2. The highest BCUT2D eigenvalue weighted by molar-refractivity contribution is 7.76. The molecule has 5 aliphatic rings. The monoisotopic (exact) mass is 1740 g/mol. The number of hydrogen-bond acceptors (Lipinski definition) is 27. The summed E-state index contributed by atoms with van der Waals surface area (Å²) in [5.41, 5.74) is 8.77. The third-order valence-corrected chi connectivity index (χ3v) is 29.4. The second-order valence-corrected chi connectivity index (χ2v) is 43.3. The number of anilines is 14. The van der Waals surface area contributed by atoms with Gasteiger partial charge < -0.3 is 84.7 Å². The largest absolute Gasteiger partial charge is 0.495 e. The number of aromatic nitrogens is 8. The molecule has 5 fully saturated rings. The highest BCUT2D eigenvalue weighted by Gasteiger charge is 2.31. The van der Waals surface area contributed by atoms with Crippen molar-refractivity contribution in [2.75, 3.05) is 208 Å². The summed E-state index contributed by atoms with van der Waals surface area (Å²) in [6, 6.07) is 37.0. The minimum Gasteiger partial charge on any atom is -0.495 e. The van der Waals surface area contributed by atoms with E-state index in [0.717, 1.165) is 145 Å². The Morgan fingerprint density at radius 1 is 0.458 bits per heavy atom. The lowest BCUT2D eigenvalue weighted by molar-refractivity contribution is 0.0982. The van der Waals surface area contributed by atoms with E-state index in [-0.39, 0.29) is 0 Å². The summed E-state index contributed by atoms with van der Waals surface area (Å²) in [5, 5.41) is 32.0. The maximum Gasteiger partial charge on any atom is 0.229 e. The lowest BCUT2D eigenvalue weighted by atomic mass is 10.0. The lowest BCUT2D eigenvalue weighted by Gasteiger charge is -2.42. The van der Waals surface area contributed by atoms with Crippen LogP contribution >= 0.6 is 67.6 Å². The zero-order valence-electron chi connectivity index (χ0n) is 69.0. The van der Waals surface area contributed by atoms with Crippen LogP contribution in [0.3, 0.4) is 0 Å². The lowest BCUT2D eigenvalue weighted by Crippen LogP contribution is -2.52. The van der Waals surface area contributed by atoms with Crippen LogP contribution in [0.2, 0.25) is 15.1 Å². The van der Waals surface area contributed by atoms with Gasteiger partial charge in [0.25, 0.3) is 0 Å². The number of nitrogens with one attached hydrogen (secondary N) is 7. The highest BCUT2D eigenvalue weighted by atomic mass is 35.5. The summed E-state index contributed by atoms with van der Waals surface area (Å²) in [6.45, 7) is 28.5. The smallest absolute Gasteiger partial charge is 0.229 e. The van der Waals surface area contributed by atoms with E-state index in [1.165, 1.54) is 69.4 Å². The number of piperidine rings is 3. The molecule has 118 heavy (non-hydrogen) atoms. The molecule has 0 aliphatic carbocycles. The van der Waals surface area contributed by atoms with Crippen LogP contribution in [0.1, 0.15) is 51.5 Å². The first-order chi connectivity index (χ1) is 56.7. The van der Waals surface area contributed by atoms with Crippen molar-refractivity contribution >= 4 is 164 Å². The van der Waals surface area contributed by atoms with Gasteiger partial charge in [0.1, 0.15) is 53.7 Å². The van der Waals surface area contributed by atoms with Crippen molar-refractivity contribution in [3.05, 3.63) is 161 Å². The quantitative estimate of drug-likeness (QED) is 0.0262. The number of nitrogens with zero attached hydrogens (tertiary/aromatic N) is 14. The number of piperazine rings is 2. The Hall–Kier alpha value is -8.59. The van der Waals surface area contributed by atoms with Gasteiger partial charge in [0, 0.05) is 136 Å². The summed E-state index contributed by atoms with van der Waals surface area (Å²) in [5.74, 6) is 4.52. The fourth-order valence-electron chi connectivity index (χ4n) is 15.4. The van der Waals surface area contributed by atoms with E-state index in [4.69, 9.17) is 49.0 Å². The minimum atomic E-state index is -2.51. The normalized spacial score (nSPS) is 16.6. The van der Waals surface area contributed by atoms with Crippen LogP contribution in [0.4, 0.5) is 80.8 Å². The molecule has 10 aromatic rings. The van der Waals surface area contributed by atoms with Crippen LogP contribution in [0.5, 0.6) is 17.2 Å². The number of thiophene rings is 1. The summed E-state index contributed by atoms with van der Waals surface area (Å²) < 4.78 is 58.6. The number of halogens is 3. The molecule has 0 amide bonds. The molecule has 0 spiro atoms. The fourth-order valence-corrected chi connectivity index (χ4v) is 20.6. The summed E-state index contributed by atoms with van der Waals surface area (Å²) in [7, 11) is 0.259. The maximum absolute atomic E-state index is 12.8. The summed E-state index contributed by atoms with van der Waals surface area (Å²) >= 11 is 20.7. The van der Waals surface area contributed by atoms with Crippen molar-refractivity contribution in [1.82, 2.24) is 64.6 Å². The first-order valence-electron chi connectivity index (χ1n) is 40.1. The van der Waals surface area contributed by atoms with E-state index in [1.807, 2.05) is 103 Å². The Labute approximate surface area is 712 Å². The zero-order chi connectivity index (χ0) is 83.3. The number of hydrogen-bond donors (Lipinski definition) is 7. The Morgan fingerprint density at radius 2 is 0.881 bits per heavy atom.